The number of esters is 1. The highest BCUT2D eigenvalue weighted by molar-refractivity contribution is 8.03. The molecule has 1 heterocycles. The molecule has 4 rings (SSSR count). The molecule has 0 radical (unpaired) electrons. The van der Waals surface area contributed by atoms with Crippen LogP contribution in [0, 0.1) is 28.4 Å². The Balaban J connectivity index is 1.57. The fraction of sp³-hybridized carbons (Fsp3) is 0.167. The normalized spacial score (nSPS) is 14.6. The molecular formula is C30H25ClN4O5S. The molecule has 0 saturated heterocycles. The van der Waals surface area contributed by atoms with Gasteiger partial charge in [0.15, 0.2) is 0 Å². The number of non-ortho nitro benzene ring substituents is 1. The van der Waals surface area contributed by atoms with Crippen LogP contribution in [0.2, 0.25) is 5.02 Å². The SMILES string of the molecule is CC1=C(C(=O)OCc2ccccc2)[C@H](c2ccc(Cl)cc2)C(C#N)=C(SCC(=O)Nc2ccc([N+](=O)[O-])cc2C)N1. The first-order valence-electron chi connectivity index (χ1n) is 12.4. The number of nitro benzene ring substituents is 1. The molecule has 0 aliphatic carbocycles. The zero-order chi connectivity index (χ0) is 29.5. The Labute approximate surface area is 246 Å². The summed E-state index contributed by atoms with van der Waals surface area (Å²) in [6.07, 6.45) is 0. The van der Waals surface area contributed by atoms with Gasteiger partial charge in [0.05, 0.1) is 38.8 Å². The summed E-state index contributed by atoms with van der Waals surface area (Å²) in [7, 11) is 0. The number of anilines is 1. The number of thioether (sulfide) groups is 1. The summed E-state index contributed by atoms with van der Waals surface area (Å²) >= 11 is 7.22. The van der Waals surface area contributed by atoms with Gasteiger partial charge in [-0.3, -0.25) is 14.9 Å². The molecule has 0 aromatic heterocycles. The Hall–Kier alpha value is -4.59. The van der Waals surface area contributed by atoms with Gasteiger partial charge in [-0.1, -0.05) is 65.8 Å². The van der Waals surface area contributed by atoms with E-state index in [-0.39, 0.29) is 35.1 Å². The minimum atomic E-state index is -0.746. The van der Waals surface area contributed by atoms with Crippen LogP contribution in [-0.4, -0.2) is 22.6 Å². The van der Waals surface area contributed by atoms with Gasteiger partial charge in [-0.2, -0.15) is 5.26 Å². The first-order valence-corrected chi connectivity index (χ1v) is 13.8. The molecule has 2 N–H and O–H groups in total. The predicted molar refractivity (Wildman–Crippen MR) is 158 cm³/mol. The molecule has 0 fully saturated rings. The number of nitrogens with one attached hydrogen (secondary N) is 2. The lowest BCUT2D eigenvalue weighted by molar-refractivity contribution is -0.384. The molecule has 0 bridgehead atoms. The average molecular weight is 589 g/mol. The number of ether oxygens (including phenoxy) is 1. The van der Waals surface area contributed by atoms with E-state index < -0.39 is 16.8 Å². The van der Waals surface area contributed by atoms with E-state index in [1.165, 1.54) is 18.2 Å². The fourth-order valence-corrected chi connectivity index (χ4v) is 5.33. The summed E-state index contributed by atoms with van der Waals surface area (Å²) in [5.41, 5.74) is 3.46. The molecule has 3 aromatic rings. The third-order valence-electron chi connectivity index (χ3n) is 6.33. The van der Waals surface area contributed by atoms with E-state index in [0.29, 0.717) is 32.6 Å². The van der Waals surface area contributed by atoms with E-state index in [2.05, 4.69) is 16.7 Å². The summed E-state index contributed by atoms with van der Waals surface area (Å²) in [6.45, 7) is 3.45. The Morgan fingerprint density at radius 1 is 1.12 bits per heavy atom. The zero-order valence-electron chi connectivity index (χ0n) is 22.1. The summed E-state index contributed by atoms with van der Waals surface area (Å²) in [6, 6.07) is 22.5. The van der Waals surface area contributed by atoms with Crippen LogP contribution in [0.25, 0.3) is 0 Å². The number of rotatable bonds is 9. The molecule has 0 saturated carbocycles. The predicted octanol–water partition coefficient (Wildman–Crippen LogP) is 6.37. The van der Waals surface area contributed by atoms with Crippen molar-refractivity contribution >= 4 is 46.6 Å². The summed E-state index contributed by atoms with van der Waals surface area (Å²) in [5.74, 6) is -1.74. The number of carbonyl (C=O) groups is 2. The number of amides is 1. The first-order chi connectivity index (χ1) is 19.7. The Kier molecular flexibility index (Phi) is 9.45. The highest BCUT2D eigenvalue weighted by Gasteiger charge is 2.35. The maximum absolute atomic E-state index is 13.4. The van der Waals surface area contributed by atoms with Gasteiger partial charge in [0.1, 0.15) is 6.61 Å². The Morgan fingerprint density at radius 3 is 2.46 bits per heavy atom. The lowest BCUT2D eigenvalue weighted by Crippen LogP contribution is -2.29. The summed E-state index contributed by atoms with van der Waals surface area (Å²) < 4.78 is 5.63. The molecular weight excluding hydrogens is 564 g/mol. The number of aryl methyl sites for hydroxylation is 1. The van der Waals surface area contributed by atoms with Gasteiger partial charge in [-0.15, -0.1) is 0 Å². The number of hydrogen-bond donors (Lipinski definition) is 2. The van der Waals surface area contributed by atoms with Gasteiger partial charge in [0.25, 0.3) is 5.69 Å². The van der Waals surface area contributed by atoms with Crippen molar-refractivity contribution in [2.24, 2.45) is 0 Å². The molecule has 1 aliphatic heterocycles. The zero-order valence-corrected chi connectivity index (χ0v) is 23.7. The molecule has 9 nitrogen and oxygen atoms in total. The first kappa shape index (κ1) is 29.4. The van der Waals surface area contributed by atoms with Crippen LogP contribution in [0.4, 0.5) is 11.4 Å². The number of allylic oxidation sites excluding steroid dienone is 2. The number of dihydropyridines is 1. The molecule has 11 heteroatoms. The van der Waals surface area contributed by atoms with E-state index in [4.69, 9.17) is 16.3 Å². The maximum atomic E-state index is 13.4. The molecule has 41 heavy (non-hydrogen) atoms. The van der Waals surface area contributed by atoms with E-state index in [1.807, 2.05) is 30.3 Å². The van der Waals surface area contributed by atoms with Crippen molar-refractivity contribution in [3.8, 4) is 6.07 Å². The van der Waals surface area contributed by atoms with Crippen molar-refractivity contribution in [2.75, 3.05) is 11.1 Å². The second kappa shape index (κ2) is 13.2. The van der Waals surface area contributed by atoms with E-state index in [9.17, 15) is 25.0 Å². The molecule has 3 aromatic carbocycles. The molecule has 1 aliphatic rings. The monoisotopic (exact) mass is 588 g/mol. The molecule has 0 unspecified atom stereocenters. The quantitative estimate of drug-likeness (QED) is 0.167. The second-order valence-corrected chi connectivity index (χ2v) is 10.6. The van der Waals surface area contributed by atoms with Gasteiger partial charge >= 0.3 is 5.97 Å². The van der Waals surface area contributed by atoms with E-state index in [0.717, 1.165) is 17.3 Å². The van der Waals surface area contributed by atoms with Crippen molar-refractivity contribution in [1.29, 1.82) is 5.26 Å². The number of halogens is 1. The van der Waals surface area contributed by atoms with Crippen molar-refractivity contribution in [2.45, 2.75) is 26.4 Å². The smallest absolute Gasteiger partial charge is 0.337 e. The Bertz CT molecular complexity index is 1600. The molecule has 0 spiro atoms. The maximum Gasteiger partial charge on any atom is 0.337 e. The second-order valence-electron chi connectivity index (χ2n) is 9.16. The van der Waals surface area contributed by atoms with Gasteiger partial charge in [0, 0.05) is 28.5 Å². The minimum Gasteiger partial charge on any atom is -0.457 e. The summed E-state index contributed by atoms with van der Waals surface area (Å²) in [4.78, 5) is 36.7. The standard InChI is InChI=1S/C30H25ClN4O5S/c1-18-14-23(35(38)39)12-13-25(18)34-26(36)17-41-29-24(15-32)28(21-8-10-22(31)11-9-21)27(19(2)33-29)30(37)40-16-20-6-4-3-5-7-20/h3-14,28,33H,16-17H2,1-2H3,(H,34,36)/t28-/m1/s1. The molecule has 1 amide bonds. The molecule has 1 atom stereocenters. The highest BCUT2D eigenvalue weighted by Crippen LogP contribution is 2.41. The topological polar surface area (TPSA) is 134 Å². The van der Waals surface area contributed by atoms with Crippen LogP contribution < -0.4 is 10.6 Å². The van der Waals surface area contributed by atoms with E-state index >= 15 is 0 Å². The van der Waals surface area contributed by atoms with Crippen molar-refractivity contribution < 1.29 is 19.2 Å². The van der Waals surface area contributed by atoms with Gasteiger partial charge < -0.3 is 15.4 Å². The van der Waals surface area contributed by atoms with Gasteiger partial charge in [-0.25, -0.2) is 4.79 Å². The molecule has 208 valence electrons. The van der Waals surface area contributed by atoms with Crippen molar-refractivity contribution in [3.63, 3.8) is 0 Å². The van der Waals surface area contributed by atoms with Crippen LogP contribution in [0.1, 0.15) is 29.5 Å². The third-order valence-corrected chi connectivity index (χ3v) is 7.60. The number of nitro groups is 1. The van der Waals surface area contributed by atoms with Crippen molar-refractivity contribution in [1.82, 2.24) is 5.32 Å². The number of nitriles is 1. The van der Waals surface area contributed by atoms with Gasteiger partial charge in [0.2, 0.25) is 5.91 Å². The van der Waals surface area contributed by atoms with E-state index in [1.54, 1.807) is 38.1 Å². The largest absolute Gasteiger partial charge is 0.457 e. The van der Waals surface area contributed by atoms with Crippen LogP contribution in [-0.2, 0) is 20.9 Å². The third kappa shape index (κ3) is 7.14. The lowest BCUT2D eigenvalue weighted by atomic mass is 9.82. The highest BCUT2D eigenvalue weighted by atomic mass is 35.5. The van der Waals surface area contributed by atoms with Crippen molar-refractivity contribution in [3.05, 3.63) is 126 Å². The fourth-order valence-electron chi connectivity index (χ4n) is 4.31. The number of hydrogen-bond acceptors (Lipinski definition) is 8. The summed E-state index contributed by atoms with van der Waals surface area (Å²) in [5, 5.41) is 28.0. The average Bonchev–Trinajstić information content (AvgIpc) is 2.96. The van der Waals surface area contributed by atoms with Crippen LogP contribution >= 0.6 is 23.4 Å². The van der Waals surface area contributed by atoms with Crippen LogP contribution in [0.3, 0.4) is 0 Å². The Morgan fingerprint density at radius 2 is 1.83 bits per heavy atom. The number of benzene rings is 3. The van der Waals surface area contributed by atoms with Gasteiger partial charge in [-0.05, 0) is 48.7 Å². The number of nitrogens with zero attached hydrogens (tertiary/aromatic N) is 2. The van der Waals surface area contributed by atoms with Crippen LogP contribution in [0.5, 0.6) is 0 Å². The lowest BCUT2D eigenvalue weighted by Gasteiger charge is -2.29. The minimum absolute atomic E-state index is 0.0572. The van der Waals surface area contributed by atoms with Crippen LogP contribution in [0.15, 0.2) is 94.7 Å². The number of carbonyl (C=O) groups excluding carboxylic acids is 2.